The van der Waals surface area contributed by atoms with E-state index in [2.05, 4.69) is 26.6 Å². The number of Topliss-reactive ketones (excluding diaryl/α,β-unsaturated/α-hetero) is 1. The molecule has 1 amide bonds. The number of rotatable bonds is 5. The fraction of sp³-hybridized carbons (Fsp3) is 0.300. The molecule has 0 aromatic heterocycles. The molecule has 0 unspecified atom stereocenters. The number of halogens is 3. The smallest absolute Gasteiger partial charge is 0.254 e. The molecule has 0 radical (unpaired) electrons. The molecule has 1 aliphatic heterocycles. The topological polar surface area (TPSA) is 58.2 Å². The molecule has 1 aliphatic rings. The molecule has 0 aliphatic carbocycles. The maximum atomic E-state index is 12.9. The van der Waals surface area contributed by atoms with Crippen molar-refractivity contribution < 1.29 is 9.59 Å². The van der Waals surface area contributed by atoms with E-state index in [4.69, 9.17) is 23.2 Å². The monoisotopic (exact) mass is 468 g/mol. The molecule has 3 rings (SSSR count). The van der Waals surface area contributed by atoms with Gasteiger partial charge in [-0.25, -0.2) is 0 Å². The number of nitrogens with one attached hydrogen (secondary N) is 2. The minimum Gasteiger partial charge on any atom is -0.342 e. The number of hydrogen-bond donors (Lipinski definition) is 2. The van der Waals surface area contributed by atoms with Gasteiger partial charge in [0.2, 0.25) is 0 Å². The van der Waals surface area contributed by atoms with Crippen LogP contribution in [-0.4, -0.2) is 24.3 Å². The molecular formula is C20H19BrCl2N2O2. The van der Waals surface area contributed by atoms with Crippen LogP contribution in [0.15, 0.2) is 34.8 Å². The van der Waals surface area contributed by atoms with Crippen molar-refractivity contribution in [1.29, 1.82) is 0 Å². The highest BCUT2D eigenvalue weighted by Gasteiger charge is 2.25. The average molecular weight is 470 g/mol. The van der Waals surface area contributed by atoms with Gasteiger partial charge in [0.1, 0.15) is 0 Å². The molecule has 4 nitrogen and oxygen atoms in total. The molecule has 142 valence electrons. The Balaban J connectivity index is 1.85. The second-order valence-electron chi connectivity index (χ2n) is 6.58. The van der Waals surface area contributed by atoms with Crippen LogP contribution in [-0.2, 0) is 24.2 Å². The Morgan fingerprint density at radius 1 is 1.30 bits per heavy atom. The first-order valence-electron chi connectivity index (χ1n) is 8.63. The van der Waals surface area contributed by atoms with Crippen LogP contribution in [0.1, 0.15) is 34.0 Å². The standard InChI is InChI=1S/C20H19BrCl2N2O2/c1-11(26)17(8-12-3-2-4-14(21)7-12)25-20(27)18-16(22)9-13-10-24-6-5-15(13)19(18)23/h2-4,7,9,17,24H,5-6,8,10H2,1H3,(H,25,27)/t17-/m0/s1. The molecular weight excluding hydrogens is 451 g/mol. The van der Waals surface area contributed by atoms with Gasteiger partial charge in [0.25, 0.3) is 5.91 Å². The second-order valence-corrected chi connectivity index (χ2v) is 8.28. The largest absolute Gasteiger partial charge is 0.342 e. The summed E-state index contributed by atoms with van der Waals surface area (Å²) in [6.07, 6.45) is 1.13. The summed E-state index contributed by atoms with van der Waals surface area (Å²) in [7, 11) is 0. The predicted octanol–water partition coefficient (Wildman–Crippen LogP) is 4.33. The SMILES string of the molecule is CC(=O)[C@H](Cc1cccc(Br)c1)NC(=O)c1c(Cl)cc2c(c1Cl)CCNC2. The third kappa shape index (κ3) is 4.72. The van der Waals surface area contributed by atoms with Gasteiger partial charge < -0.3 is 10.6 Å². The Hall–Kier alpha value is -1.40. The van der Waals surface area contributed by atoms with Crippen molar-refractivity contribution >= 4 is 50.8 Å². The summed E-state index contributed by atoms with van der Waals surface area (Å²) in [6, 6.07) is 8.76. The summed E-state index contributed by atoms with van der Waals surface area (Å²) in [5.41, 5.74) is 3.12. The Labute approximate surface area is 176 Å². The highest BCUT2D eigenvalue weighted by molar-refractivity contribution is 9.10. The van der Waals surface area contributed by atoms with Crippen molar-refractivity contribution in [2.24, 2.45) is 0 Å². The van der Waals surface area contributed by atoms with Gasteiger partial charge >= 0.3 is 0 Å². The molecule has 1 heterocycles. The third-order valence-corrected chi connectivity index (χ3v) is 5.84. The quantitative estimate of drug-likeness (QED) is 0.685. The first-order valence-corrected chi connectivity index (χ1v) is 10.2. The van der Waals surface area contributed by atoms with E-state index in [1.807, 2.05) is 24.3 Å². The molecule has 0 spiro atoms. The summed E-state index contributed by atoms with van der Waals surface area (Å²) in [6.45, 7) is 2.94. The van der Waals surface area contributed by atoms with E-state index in [0.29, 0.717) is 23.0 Å². The summed E-state index contributed by atoms with van der Waals surface area (Å²) >= 11 is 16.3. The van der Waals surface area contributed by atoms with Gasteiger partial charge in [-0.15, -0.1) is 0 Å². The number of benzene rings is 2. The predicted molar refractivity (Wildman–Crippen MR) is 112 cm³/mol. The zero-order valence-electron chi connectivity index (χ0n) is 14.7. The van der Waals surface area contributed by atoms with Crippen LogP contribution in [0.25, 0.3) is 0 Å². The van der Waals surface area contributed by atoms with Gasteiger partial charge in [0, 0.05) is 11.0 Å². The normalized spacial score (nSPS) is 14.4. The summed E-state index contributed by atoms with van der Waals surface area (Å²) in [4.78, 5) is 25.0. The van der Waals surface area contributed by atoms with Crippen molar-refractivity contribution in [2.75, 3.05) is 6.54 Å². The van der Waals surface area contributed by atoms with E-state index in [-0.39, 0.29) is 11.3 Å². The van der Waals surface area contributed by atoms with Crippen LogP contribution in [0, 0.1) is 0 Å². The lowest BCUT2D eigenvalue weighted by atomic mass is 9.97. The highest BCUT2D eigenvalue weighted by Crippen LogP contribution is 2.33. The van der Waals surface area contributed by atoms with Crippen LogP contribution in [0.3, 0.4) is 0 Å². The lowest BCUT2D eigenvalue weighted by Gasteiger charge is -2.22. The Morgan fingerprint density at radius 3 is 2.78 bits per heavy atom. The van der Waals surface area contributed by atoms with Gasteiger partial charge in [0.05, 0.1) is 21.7 Å². The highest BCUT2D eigenvalue weighted by atomic mass is 79.9. The molecule has 0 saturated heterocycles. The number of ketones is 1. The number of hydrogen-bond acceptors (Lipinski definition) is 3. The molecule has 0 saturated carbocycles. The van der Waals surface area contributed by atoms with Gasteiger partial charge in [-0.3, -0.25) is 9.59 Å². The number of carbonyl (C=O) groups is 2. The number of fused-ring (bicyclic) bond motifs is 1. The van der Waals surface area contributed by atoms with E-state index in [9.17, 15) is 9.59 Å². The molecule has 0 bridgehead atoms. The van der Waals surface area contributed by atoms with Crippen molar-refractivity contribution in [3.05, 3.63) is 67.1 Å². The minimum atomic E-state index is -0.656. The van der Waals surface area contributed by atoms with Gasteiger partial charge in [-0.1, -0.05) is 51.3 Å². The molecule has 7 heteroatoms. The molecule has 0 fully saturated rings. The average Bonchev–Trinajstić information content (AvgIpc) is 2.61. The molecule has 2 aromatic rings. The zero-order valence-corrected chi connectivity index (χ0v) is 17.8. The van der Waals surface area contributed by atoms with Crippen molar-refractivity contribution in [2.45, 2.75) is 32.4 Å². The van der Waals surface area contributed by atoms with E-state index >= 15 is 0 Å². The first kappa shape index (κ1) is 20.3. The Bertz CT molecular complexity index is 902. The van der Waals surface area contributed by atoms with Gasteiger partial charge in [0.15, 0.2) is 5.78 Å². The van der Waals surface area contributed by atoms with Crippen molar-refractivity contribution in [3.63, 3.8) is 0 Å². The van der Waals surface area contributed by atoms with Crippen LogP contribution < -0.4 is 10.6 Å². The summed E-state index contributed by atoms with van der Waals surface area (Å²) in [5.74, 6) is -0.556. The minimum absolute atomic E-state index is 0.127. The summed E-state index contributed by atoms with van der Waals surface area (Å²) < 4.78 is 0.919. The Morgan fingerprint density at radius 2 is 2.07 bits per heavy atom. The second kappa shape index (κ2) is 8.74. The van der Waals surface area contributed by atoms with E-state index in [0.717, 1.165) is 34.1 Å². The van der Waals surface area contributed by atoms with Crippen LogP contribution in [0.2, 0.25) is 10.0 Å². The number of amides is 1. The van der Waals surface area contributed by atoms with Crippen LogP contribution in [0.5, 0.6) is 0 Å². The van der Waals surface area contributed by atoms with Crippen LogP contribution in [0.4, 0.5) is 0 Å². The van der Waals surface area contributed by atoms with Crippen molar-refractivity contribution in [1.82, 2.24) is 10.6 Å². The lowest BCUT2D eigenvalue weighted by molar-refractivity contribution is -0.118. The maximum absolute atomic E-state index is 12.9. The Kier molecular flexibility index (Phi) is 6.58. The first-order chi connectivity index (χ1) is 12.9. The molecule has 1 atom stereocenters. The van der Waals surface area contributed by atoms with Gasteiger partial charge in [-0.2, -0.15) is 0 Å². The molecule has 2 N–H and O–H groups in total. The van der Waals surface area contributed by atoms with Gasteiger partial charge in [-0.05, 0) is 61.2 Å². The summed E-state index contributed by atoms with van der Waals surface area (Å²) in [5, 5.41) is 6.73. The van der Waals surface area contributed by atoms with E-state index in [1.54, 1.807) is 6.07 Å². The molecule has 2 aromatic carbocycles. The molecule has 27 heavy (non-hydrogen) atoms. The van der Waals surface area contributed by atoms with Crippen molar-refractivity contribution in [3.8, 4) is 0 Å². The number of carbonyl (C=O) groups excluding carboxylic acids is 2. The lowest BCUT2D eigenvalue weighted by Crippen LogP contribution is -2.41. The maximum Gasteiger partial charge on any atom is 0.254 e. The van der Waals surface area contributed by atoms with E-state index < -0.39 is 11.9 Å². The van der Waals surface area contributed by atoms with E-state index in [1.165, 1.54) is 6.92 Å². The van der Waals surface area contributed by atoms with Crippen LogP contribution >= 0.6 is 39.1 Å². The third-order valence-electron chi connectivity index (χ3n) is 4.63. The zero-order chi connectivity index (χ0) is 19.6. The fourth-order valence-corrected chi connectivity index (χ4v) is 4.42. The fourth-order valence-electron chi connectivity index (χ4n) is 3.21.